The molecule has 14 heavy (non-hydrogen) atoms. The summed E-state index contributed by atoms with van der Waals surface area (Å²) in [4.78, 5) is 0. The number of methoxy groups -OCH3 is 1. The van der Waals surface area contributed by atoms with Crippen LogP contribution in [0.2, 0.25) is 0 Å². The molecular weight excluding hydrogens is 178 g/mol. The highest BCUT2D eigenvalue weighted by molar-refractivity contribution is 4.82. The highest BCUT2D eigenvalue weighted by atomic mass is 16.5. The Bertz CT molecular complexity index is 144. The molecule has 3 heteroatoms. The van der Waals surface area contributed by atoms with Gasteiger partial charge in [0.25, 0.3) is 0 Å². The van der Waals surface area contributed by atoms with Crippen LogP contribution in [0.3, 0.4) is 0 Å². The van der Waals surface area contributed by atoms with E-state index >= 15 is 0 Å². The van der Waals surface area contributed by atoms with Crippen molar-refractivity contribution in [3.05, 3.63) is 0 Å². The van der Waals surface area contributed by atoms with Crippen molar-refractivity contribution in [3.63, 3.8) is 0 Å². The molecule has 1 N–H and O–H groups in total. The van der Waals surface area contributed by atoms with Gasteiger partial charge in [0.05, 0.1) is 6.61 Å². The number of hydrogen-bond donors (Lipinski definition) is 1. The summed E-state index contributed by atoms with van der Waals surface area (Å²) in [6.07, 6.45) is 3.64. The summed E-state index contributed by atoms with van der Waals surface area (Å²) in [5, 5.41) is 3.47. The zero-order chi connectivity index (χ0) is 10.3. The van der Waals surface area contributed by atoms with Crippen molar-refractivity contribution >= 4 is 0 Å². The van der Waals surface area contributed by atoms with Crippen LogP contribution in [0.5, 0.6) is 0 Å². The van der Waals surface area contributed by atoms with Gasteiger partial charge < -0.3 is 14.8 Å². The lowest BCUT2D eigenvalue weighted by atomic mass is 9.78. The third-order valence-corrected chi connectivity index (χ3v) is 3.29. The van der Waals surface area contributed by atoms with Crippen LogP contribution in [-0.4, -0.2) is 40.0 Å². The van der Waals surface area contributed by atoms with Crippen molar-refractivity contribution in [2.75, 3.05) is 40.0 Å². The SMILES string of the molecule is CCC1(CNCCOC)CCOCC1. The third-order valence-electron chi connectivity index (χ3n) is 3.29. The lowest BCUT2D eigenvalue weighted by molar-refractivity contribution is 0.0123. The average molecular weight is 201 g/mol. The van der Waals surface area contributed by atoms with Gasteiger partial charge in [0.2, 0.25) is 0 Å². The van der Waals surface area contributed by atoms with E-state index in [4.69, 9.17) is 9.47 Å². The first-order valence-corrected chi connectivity index (χ1v) is 5.60. The van der Waals surface area contributed by atoms with Crippen molar-refractivity contribution in [2.24, 2.45) is 5.41 Å². The van der Waals surface area contributed by atoms with Gasteiger partial charge in [-0.05, 0) is 24.7 Å². The monoisotopic (exact) mass is 201 g/mol. The molecule has 0 aromatic rings. The van der Waals surface area contributed by atoms with Crippen LogP contribution in [0.4, 0.5) is 0 Å². The Morgan fingerprint density at radius 2 is 2.07 bits per heavy atom. The summed E-state index contributed by atoms with van der Waals surface area (Å²) in [7, 11) is 1.74. The largest absolute Gasteiger partial charge is 0.383 e. The summed E-state index contributed by atoms with van der Waals surface area (Å²) < 4.78 is 10.4. The van der Waals surface area contributed by atoms with Crippen LogP contribution in [0.15, 0.2) is 0 Å². The van der Waals surface area contributed by atoms with E-state index in [0.717, 1.165) is 32.9 Å². The minimum absolute atomic E-state index is 0.478. The predicted octanol–water partition coefficient (Wildman–Crippen LogP) is 1.43. The van der Waals surface area contributed by atoms with Crippen LogP contribution < -0.4 is 5.32 Å². The van der Waals surface area contributed by atoms with Gasteiger partial charge in [0.1, 0.15) is 0 Å². The highest BCUT2D eigenvalue weighted by Gasteiger charge is 2.29. The number of hydrogen-bond acceptors (Lipinski definition) is 3. The molecule has 0 unspecified atom stereocenters. The minimum Gasteiger partial charge on any atom is -0.383 e. The normalized spacial score (nSPS) is 21.0. The molecule has 0 saturated carbocycles. The zero-order valence-electron chi connectivity index (χ0n) is 9.47. The maximum absolute atomic E-state index is 5.40. The van der Waals surface area contributed by atoms with Crippen molar-refractivity contribution in [3.8, 4) is 0 Å². The molecule has 1 rings (SSSR count). The van der Waals surface area contributed by atoms with E-state index in [1.807, 2.05) is 0 Å². The van der Waals surface area contributed by atoms with E-state index in [1.54, 1.807) is 7.11 Å². The van der Waals surface area contributed by atoms with E-state index in [0.29, 0.717) is 5.41 Å². The maximum atomic E-state index is 5.40. The van der Waals surface area contributed by atoms with Gasteiger partial charge >= 0.3 is 0 Å². The second-order valence-corrected chi connectivity index (χ2v) is 4.14. The fourth-order valence-corrected chi connectivity index (χ4v) is 1.99. The molecule has 0 aromatic carbocycles. The van der Waals surface area contributed by atoms with Crippen molar-refractivity contribution in [2.45, 2.75) is 26.2 Å². The fourth-order valence-electron chi connectivity index (χ4n) is 1.99. The van der Waals surface area contributed by atoms with Gasteiger partial charge in [-0.25, -0.2) is 0 Å². The van der Waals surface area contributed by atoms with Crippen LogP contribution in [0, 0.1) is 5.41 Å². The van der Waals surface area contributed by atoms with Crippen LogP contribution >= 0.6 is 0 Å². The molecule has 1 fully saturated rings. The lowest BCUT2D eigenvalue weighted by Crippen LogP contribution is -2.39. The smallest absolute Gasteiger partial charge is 0.0587 e. The molecule has 84 valence electrons. The van der Waals surface area contributed by atoms with Crippen LogP contribution in [0.25, 0.3) is 0 Å². The molecule has 1 heterocycles. The predicted molar refractivity (Wildman–Crippen MR) is 57.5 cm³/mol. The van der Waals surface area contributed by atoms with E-state index in [2.05, 4.69) is 12.2 Å². The summed E-state index contributed by atoms with van der Waals surface area (Å²) in [6, 6.07) is 0. The molecule has 3 nitrogen and oxygen atoms in total. The highest BCUT2D eigenvalue weighted by Crippen LogP contribution is 2.32. The molecule has 1 aliphatic rings. The Kier molecular flexibility index (Phi) is 5.45. The summed E-state index contributed by atoms with van der Waals surface area (Å²) in [5.74, 6) is 0. The van der Waals surface area contributed by atoms with E-state index in [-0.39, 0.29) is 0 Å². The second-order valence-electron chi connectivity index (χ2n) is 4.14. The van der Waals surface area contributed by atoms with Crippen molar-refractivity contribution < 1.29 is 9.47 Å². The lowest BCUT2D eigenvalue weighted by Gasteiger charge is -2.36. The van der Waals surface area contributed by atoms with Crippen LogP contribution in [0.1, 0.15) is 26.2 Å². The fraction of sp³-hybridized carbons (Fsp3) is 1.00. The van der Waals surface area contributed by atoms with Gasteiger partial charge in [-0.2, -0.15) is 0 Å². The molecule has 0 atom stereocenters. The molecule has 0 aromatic heterocycles. The summed E-state index contributed by atoms with van der Waals surface area (Å²) in [5.41, 5.74) is 0.478. The summed E-state index contributed by atoms with van der Waals surface area (Å²) in [6.45, 7) is 7.01. The molecule has 0 aliphatic carbocycles. The molecule has 0 spiro atoms. The second kappa shape index (κ2) is 6.38. The molecule has 1 aliphatic heterocycles. The van der Waals surface area contributed by atoms with Crippen molar-refractivity contribution in [1.82, 2.24) is 5.32 Å². The molecule has 0 bridgehead atoms. The number of nitrogens with one attached hydrogen (secondary N) is 1. The standard InChI is InChI=1S/C11H23NO2/c1-3-11(4-7-14-8-5-11)10-12-6-9-13-2/h12H,3-10H2,1-2H3. The number of ether oxygens (including phenoxy) is 2. The van der Waals surface area contributed by atoms with E-state index in [9.17, 15) is 0 Å². The first-order chi connectivity index (χ1) is 6.83. The van der Waals surface area contributed by atoms with Crippen molar-refractivity contribution in [1.29, 1.82) is 0 Å². The maximum Gasteiger partial charge on any atom is 0.0587 e. The quantitative estimate of drug-likeness (QED) is 0.659. The first-order valence-electron chi connectivity index (χ1n) is 5.60. The minimum atomic E-state index is 0.478. The Morgan fingerprint density at radius 1 is 1.36 bits per heavy atom. The van der Waals surface area contributed by atoms with Gasteiger partial charge in [-0.1, -0.05) is 6.92 Å². The molecule has 1 saturated heterocycles. The Hall–Kier alpha value is -0.120. The number of rotatable bonds is 6. The molecule has 0 amide bonds. The molecular formula is C11H23NO2. The Labute approximate surface area is 87.2 Å². The first kappa shape index (κ1) is 12.0. The van der Waals surface area contributed by atoms with E-state index in [1.165, 1.54) is 19.3 Å². The molecule has 0 radical (unpaired) electrons. The van der Waals surface area contributed by atoms with Gasteiger partial charge in [0, 0.05) is 33.4 Å². The summed E-state index contributed by atoms with van der Waals surface area (Å²) >= 11 is 0. The zero-order valence-corrected chi connectivity index (χ0v) is 9.47. The Balaban J connectivity index is 2.22. The van der Waals surface area contributed by atoms with Gasteiger partial charge in [0.15, 0.2) is 0 Å². The average Bonchev–Trinajstić information content (AvgIpc) is 2.26. The van der Waals surface area contributed by atoms with Crippen LogP contribution in [-0.2, 0) is 9.47 Å². The Morgan fingerprint density at radius 3 is 2.64 bits per heavy atom. The van der Waals surface area contributed by atoms with Gasteiger partial charge in [-0.15, -0.1) is 0 Å². The van der Waals surface area contributed by atoms with Gasteiger partial charge in [-0.3, -0.25) is 0 Å². The van der Waals surface area contributed by atoms with E-state index < -0.39 is 0 Å². The third kappa shape index (κ3) is 3.56. The topological polar surface area (TPSA) is 30.5 Å².